The maximum Gasteiger partial charge on any atom is 0.360 e. The van der Waals surface area contributed by atoms with Gasteiger partial charge < -0.3 is 19.9 Å². The zero-order valence-electron chi connectivity index (χ0n) is 11.3. The van der Waals surface area contributed by atoms with Gasteiger partial charge in [-0.25, -0.2) is 9.78 Å². The van der Waals surface area contributed by atoms with Crippen LogP contribution in [0.3, 0.4) is 0 Å². The van der Waals surface area contributed by atoms with Crippen LogP contribution in [-0.4, -0.2) is 46.5 Å². The predicted octanol–water partition coefficient (Wildman–Crippen LogP) is 0.354. The van der Waals surface area contributed by atoms with E-state index in [9.17, 15) is 9.59 Å². The molecule has 2 N–H and O–H groups in total. The Morgan fingerprint density at radius 2 is 2.26 bits per heavy atom. The molecule has 7 nitrogen and oxygen atoms in total. The number of nitrogens with zero attached hydrogens (tertiary/aromatic N) is 3. The number of likely N-dealkylation sites (tertiary alicyclic amines) is 1. The first-order valence-corrected chi connectivity index (χ1v) is 6.23. The van der Waals surface area contributed by atoms with Gasteiger partial charge in [-0.3, -0.25) is 4.79 Å². The number of anilines is 1. The monoisotopic (exact) mass is 266 g/mol. The lowest BCUT2D eigenvalue weighted by molar-refractivity contribution is -0.129. The van der Waals surface area contributed by atoms with Crippen LogP contribution in [0.4, 0.5) is 5.82 Å². The summed E-state index contributed by atoms with van der Waals surface area (Å²) in [6.07, 6.45) is 0.666. The van der Waals surface area contributed by atoms with E-state index in [1.165, 1.54) is 0 Å². The van der Waals surface area contributed by atoms with Gasteiger partial charge in [0.1, 0.15) is 17.7 Å². The Hall–Kier alpha value is -2.05. The highest BCUT2D eigenvalue weighted by Gasteiger charge is 2.34. The zero-order chi connectivity index (χ0) is 14.2. The Labute approximate surface area is 111 Å². The first-order chi connectivity index (χ1) is 8.97. The molecule has 2 rings (SSSR count). The number of ether oxygens (including phenoxy) is 1. The van der Waals surface area contributed by atoms with Crippen LogP contribution >= 0.6 is 0 Å². The molecule has 1 atom stereocenters. The fourth-order valence-electron chi connectivity index (χ4n) is 2.35. The lowest BCUT2D eigenvalue weighted by Crippen LogP contribution is -2.25. The third-order valence-corrected chi connectivity index (χ3v) is 3.30. The second-order valence-corrected chi connectivity index (χ2v) is 4.55. The molecule has 1 aromatic rings. The van der Waals surface area contributed by atoms with E-state index in [0.717, 1.165) is 0 Å². The van der Waals surface area contributed by atoms with E-state index < -0.39 is 5.97 Å². The maximum absolute atomic E-state index is 12.0. The average molecular weight is 266 g/mol. The number of amides is 1. The molecule has 1 unspecified atom stereocenters. The zero-order valence-corrected chi connectivity index (χ0v) is 11.3. The Kier molecular flexibility index (Phi) is 3.46. The van der Waals surface area contributed by atoms with Gasteiger partial charge in [0, 0.05) is 13.6 Å². The molecule has 0 saturated carbocycles. The number of imidazole rings is 1. The molecule has 1 saturated heterocycles. The molecule has 7 heteroatoms. The number of carbonyl (C=O) groups excluding carboxylic acids is 2. The average Bonchev–Trinajstić information content (AvgIpc) is 2.82. The molecule has 1 aliphatic heterocycles. The van der Waals surface area contributed by atoms with E-state index in [1.807, 2.05) is 0 Å². The van der Waals surface area contributed by atoms with Crippen molar-refractivity contribution in [3.8, 4) is 0 Å². The second-order valence-electron chi connectivity index (χ2n) is 4.55. The van der Waals surface area contributed by atoms with Crippen molar-refractivity contribution in [3.63, 3.8) is 0 Å². The molecule has 1 amide bonds. The fourth-order valence-corrected chi connectivity index (χ4v) is 2.35. The first-order valence-electron chi connectivity index (χ1n) is 6.23. The Morgan fingerprint density at radius 3 is 2.79 bits per heavy atom. The number of rotatable bonds is 3. The second kappa shape index (κ2) is 4.91. The number of carbonyl (C=O) groups is 2. The van der Waals surface area contributed by atoms with Crippen LogP contribution in [0.5, 0.6) is 0 Å². The molecular weight excluding hydrogens is 248 g/mol. The molecular formula is C12H18N4O3. The lowest BCUT2D eigenvalue weighted by atomic mass is 10.2. The Bertz CT molecular complexity index is 523. The van der Waals surface area contributed by atoms with Crippen LogP contribution in [0.25, 0.3) is 0 Å². The number of hydrogen-bond acceptors (Lipinski definition) is 5. The van der Waals surface area contributed by atoms with Crippen LogP contribution < -0.4 is 5.73 Å². The first kappa shape index (κ1) is 13.4. The maximum atomic E-state index is 12.0. The summed E-state index contributed by atoms with van der Waals surface area (Å²) in [5.74, 6) is 0.182. The van der Waals surface area contributed by atoms with Gasteiger partial charge in [-0.1, -0.05) is 0 Å². The third-order valence-electron chi connectivity index (χ3n) is 3.30. The van der Waals surface area contributed by atoms with Crippen molar-refractivity contribution in [1.29, 1.82) is 0 Å². The molecule has 1 aliphatic rings. The molecule has 1 aromatic heterocycles. The molecule has 19 heavy (non-hydrogen) atoms. The Balaban J connectivity index is 2.37. The summed E-state index contributed by atoms with van der Waals surface area (Å²) in [7, 11) is 1.75. The summed E-state index contributed by atoms with van der Waals surface area (Å²) >= 11 is 0. The summed E-state index contributed by atoms with van der Waals surface area (Å²) in [6.45, 7) is 4.38. The third kappa shape index (κ3) is 2.16. The van der Waals surface area contributed by atoms with Crippen LogP contribution in [0.15, 0.2) is 0 Å². The normalized spacial score (nSPS) is 19.0. The highest BCUT2D eigenvalue weighted by atomic mass is 16.5. The van der Waals surface area contributed by atoms with Crippen LogP contribution in [-0.2, 0) is 9.53 Å². The topological polar surface area (TPSA) is 90.5 Å². The summed E-state index contributed by atoms with van der Waals surface area (Å²) in [5, 5.41) is 0. The molecule has 0 aromatic carbocycles. The number of esters is 1. The van der Waals surface area contributed by atoms with Crippen molar-refractivity contribution in [2.45, 2.75) is 26.3 Å². The van der Waals surface area contributed by atoms with Crippen molar-refractivity contribution in [3.05, 3.63) is 11.5 Å². The summed E-state index contributed by atoms with van der Waals surface area (Å²) < 4.78 is 6.52. The van der Waals surface area contributed by atoms with Crippen molar-refractivity contribution in [1.82, 2.24) is 14.5 Å². The number of aromatic nitrogens is 2. The Morgan fingerprint density at radius 1 is 1.58 bits per heavy atom. The predicted molar refractivity (Wildman–Crippen MR) is 68.6 cm³/mol. The van der Waals surface area contributed by atoms with Crippen LogP contribution in [0, 0.1) is 6.92 Å². The number of nitrogens with two attached hydrogens (primary N) is 1. The molecule has 0 radical (unpaired) electrons. The summed E-state index contributed by atoms with van der Waals surface area (Å²) in [5.41, 5.74) is 6.04. The van der Waals surface area contributed by atoms with Gasteiger partial charge in [-0.2, -0.15) is 0 Å². The van der Waals surface area contributed by atoms with Gasteiger partial charge in [-0.05, 0) is 20.3 Å². The minimum Gasteiger partial charge on any atom is -0.461 e. The van der Waals surface area contributed by atoms with Gasteiger partial charge in [0.15, 0.2) is 5.69 Å². The number of likely N-dealkylation sites (N-methyl/N-ethyl adjacent to an activating group) is 1. The van der Waals surface area contributed by atoms with E-state index in [-0.39, 0.29) is 30.1 Å². The smallest absolute Gasteiger partial charge is 0.360 e. The van der Waals surface area contributed by atoms with E-state index in [4.69, 9.17) is 10.5 Å². The van der Waals surface area contributed by atoms with Gasteiger partial charge in [0.2, 0.25) is 5.91 Å². The summed E-state index contributed by atoms with van der Waals surface area (Å²) in [4.78, 5) is 29.5. The largest absolute Gasteiger partial charge is 0.461 e. The highest BCUT2D eigenvalue weighted by molar-refractivity contribution is 5.93. The van der Waals surface area contributed by atoms with Crippen molar-refractivity contribution < 1.29 is 14.3 Å². The minimum atomic E-state index is -0.555. The summed E-state index contributed by atoms with van der Waals surface area (Å²) in [6, 6.07) is -0.374. The van der Waals surface area contributed by atoms with E-state index in [0.29, 0.717) is 18.8 Å². The molecule has 0 bridgehead atoms. The van der Waals surface area contributed by atoms with E-state index in [1.54, 1.807) is 30.4 Å². The van der Waals surface area contributed by atoms with Gasteiger partial charge >= 0.3 is 5.97 Å². The lowest BCUT2D eigenvalue weighted by Gasteiger charge is -2.14. The van der Waals surface area contributed by atoms with Crippen molar-refractivity contribution in [2.75, 3.05) is 25.9 Å². The van der Waals surface area contributed by atoms with Crippen LogP contribution in [0.2, 0.25) is 0 Å². The van der Waals surface area contributed by atoms with Gasteiger partial charge in [0.25, 0.3) is 0 Å². The number of hydrogen-bond donors (Lipinski definition) is 1. The molecule has 104 valence electrons. The SMILES string of the molecule is CCOC(=O)c1nc(C)n(C2CCN(C)C2=O)c1N. The molecule has 0 aliphatic carbocycles. The molecule has 0 spiro atoms. The quantitative estimate of drug-likeness (QED) is 0.797. The van der Waals surface area contributed by atoms with Crippen LogP contribution in [0.1, 0.15) is 35.7 Å². The number of aryl methyl sites for hydroxylation is 1. The van der Waals surface area contributed by atoms with Crippen molar-refractivity contribution in [2.24, 2.45) is 0 Å². The highest BCUT2D eigenvalue weighted by Crippen LogP contribution is 2.28. The molecule has 1 fully saturated rings. The van der Waals surface area contributed by atoms with E-state index >= 15 is 0 Å². The van der Waals surface area contributed by atoms with Crippen molar-refractivity contribution >= 4 is 17.7 Å². The van der Waals surface area contributed by atoms with Gasteiger partial charge in [-0.15, -0.1) is 0 Å². The standard InChI is InChI=1S/C12H18N4O3/c1-4-19-12(18)9-10(13)16(7(2)14-9)8-5-6-15(3)11(8)17/h8H,4-6,13H2,1-3H3. The molecule has 2 heterocycles. The fraction of sp³-hybridized carbons (Fsp3) is 0.583. The number of nitrogen functional groups attached to an aromatic ring is 1. The minimum absolute atomic E-state index is 0.0115. The van der Waals surface area contributed by atoms with E-state index in [2.05, 4.69) is 4.98 Å². The van der Waals surface area contributed by atoms with Gasteiger partial charge in [0.05, 0.1) is 6.61 Å².